The van der Waals surface area contributed by atoms with E-state index in [1.165, 1.54) is 0 Å². The summed E-state index contributed by atoms with van der Waals surface area (Å²) >= 11 is 0. The minimum atomic E-state index is -0.443. The molecule has 0 atom stereocenters. The average molecular weight is 298 g/mol. The molecule has 0 aliphatic carbocycles. The number of ether oxygens (including phenoxy) is 1. The van der Waals surface area contributed by atoms with E-state index < -0.39 is 5.91 Å². The van der Waals surface area contributed by atoms with Crippen LogP contribution in [0.5, 0.6) is 0 Å². The van der Waals surface area contributed by atoms with E-state index in [1.54, 1.807) is 24.3 Å². The molecule has 5 nitrogen and oxygen atoms in total. The zero-order valence-corrected chi connectivity index (χ0v) is 12.1. The van der Waals surface area contributed by atoms with Crippen LogP contribution in [0.3, 0.4) is 0 Å². The Morgan fingerprint density at radius 1 is 1.00 bits per heavy atom. The smallest absolute Gasteiger partial charge is 0.250 e. The standard InChI is InChI=1S/C17H18N2O3/c18-16(20)10-14-8-4-5-9-15(14)19-17(21)12-22-11-13-6-2-1-3-7-13/h1-9H,10-12H2,(H2,18,20)(H,19,21). The van der Waals surface area contributed by atoms with Crippen LogP contribution < -0.4 is 11.1 Å². The van der Waals surface area contributed by atoms with Crippen molar-refractivity contribution >= 4 is 17.5 Å². The molecular weight excluding hydrogens is 280 g/mol. The van der Waals surface area contributed by atoms with Crippen molar-refractivity contribution in [3.63, 3.8) is 0 Å². The predicted molar refractivity (Wildman–Crippen MR) is 84.1 cm³/mol. The lowest BCUT2D eigenvalue weighted by Gasteiger charge is -2.10. The molecule has 0 aliphatic heterocycles. The van der Waals surface area contributed by atoms with Crippen LogP contribution in [0.2, 0.25) is 0 Å². The summed E-state index contributed by atoms with van der Waals surface area (Å²) in [7, 11) is 0. The lowest BCUT2D eigenvalue weighted by atomic mass is 10.1. The summed E-state index contributed by atoms with van der Waals surface area (Å²) in [5.74, 6) is -0.713. The molecular formula is C17H18N2O3. The van der Waals surface area contributed by atoms with Gasteiger partial charge >= 0.3 is 0 Å². The van der Waals surface area contributed by atoms with Crippen LogP contribution in [0.25, 0.3) is 0 Å². The van der Waals surface area contributed by atoms with Gasteiger partial charge in [0.15, 0.2) is 0 Å². The van der Waals surface area contributed by atoms with Crippen molar-refractivity contribution < 1.29 is 14.3 Å². The number of anilines is 1. The fourth-order valence-electron chi connectivity index (χ4n) is 2.01. The van der Waals surface area contributed by atoms with Crippen LogP contribution in [0.15, 0.2) is 54.6 Å². The Morgan fingerprint density at radius 3 is 2.41 bits per heavy atom. The van der Waals surface area contributed by atoms with Gasteiger partial charge < -0.3 is 15.8 Å². The molecule has 0 saturated carbocycles. The molecule has 22 heavy (non-hydrogen) atoms. The minimum absolute atomic E-state index is 0.0558. The van der Waals surface area contributed by atoms with Gasteiger partial charge in [-0.05, 0) is 17.2 Å². The molecule has 2 rings (SSSR count). The maximum atomic E-state index is 11.9. The number of primary amides is 1. The topological polar surface area (TPSA) is 81.4 Å². The Bertz CT molecular complexity index is 641. The van der Waals surface area contributed by atoms with Gasteiger partial charge in [0.1, 0.15) is 6.61 Å². The van der Waals surface area contributed by atoms with Gasteiger partial charge in [-0.1, -0.05) is 48.5 Å². The molecule has 0 radical (unpaired) electrons. The Hall–Kier alpha value is -2.66. The van der Waals surface area contributed by atoms with Crippen molar-refractivity contribution in [3.05, 3.63) is 65.7 Å². The van der Waals surface area contributed by atoms with E-state index in [9.17, 15) is 9.59 Å². The third kappa shape index (κ3) is 5.03. The summed E-state index contributed by atoms with van der Waals surface area (Å²) < 4.78 is 5.37. The minimum Gasteiger partial charge on any atom is -0.369 e. The maximum absolute atomic E-state index is 11.9. The third-order valence-electron chi connectivity index (χ3n) is 3.00. The van der Waals surface area contributed by atoms with Crippen molar-refractivity contribution in [1.29, 1.82) is 0 Å². The summed E-state index contributed by atoms with van der Waals surface area (Å²) in [6.07, 6.45) is 0.0846. The molecule has 0 bridgehead atoms. The predicted octanol–water partition coefficient (Wildman–Crippen LogP) is 1.87. The fourth-order valence-corrected chi connectivity index (χ4v) is 2.01. The molecule has 114 valence electrons. The van der Waals surface area contributed by atoms with Crippen molar-refractivity contribution in [2.24, 2.45) is 5.73 Å². The highest BCUT2D eigenvalue weighted by Crippen LogP contribution is 2.15. The van der Waals surface area contributed by atoms with Gasteiger partial charge in [0.05, 0.1) is 13.0 Å². The SMILES string of the molecule is NC(=O)Cc1ccccc1NC(=O)COCc1ccccc1. The van der Waals surface area contributed by atoms with Gasteiger partial charge in [-0.3, -0.25) is 9.59 Å². The Morgan fingerprint density at radius 2 is 1.68 bits per heavy atom. The first kappa shape index (κ1) is 15.7. The van der Waals surface area contributed by atoms with Gasteiger partial charge in [0, 0.05) is 5.69 Å². The Kier molecular flexibility index (Phi) is 5.68. The average Bonchev–Trinajstić information content (AvgIpc) is 2.50. The highest BCUT2D eigenvalue weighted by atomic mass is 16.5. The van der Waals surface area contributed by atoms with Crippen molar-refractivity contribution in [2.45, 2.75) is 13.0 Å². The fraction of sp³-hybridized carbons (Fsp3) is 0.176. The van der Waals surface area contributed by atoms with E-state index in [0.717, 1.165) is 5.56 Å². The van der Waals surface area contributed by atoms with Crippen LogP contribution in [-0.4, -0.2) is 18.4 Å². The summed E-state index contributed by atoms with van der Waals surface area (Å²) in [5, 5.41) is 2.73. The largest absolute Gasteiger partial charge is 0.369 e. The summed E-state index contributed by atoms with van der Waals surface area (Å²) in [4.78, 5) is 22.9. The van der Waals surface area contributed by atoms with Crippen LogP contribution in [0.4, 0.5) is 5.69 Å². The first-order chi connectivity index (χ1) is 10.6. The van der Waals surface area contributed by atoms with E-state index >= 15 is 0 Å². The first-order valence-electron chi connectivity index (χ1n) is 6.93. The van der Waals surface area contributed by atoms with Crippen molar-refractivity contribution in [2.75, 3.05) is 11.9 Å². The number of hydrogen-bond acceptors (Lipinski definition) is 3. The molecule has 0 aromatic heterocycles. The van der Waals surface area contributed by atoms with Crippen LogP contribution >= 0.6 is 0 Å². The van der Waals surface area contributed by atoms with E-state index in [0.29, 0.717) is 17.9 Å². The second-order valence-corrected chi connectivity index (χ2v) is 4.83. The second-order valence-electron chi connectivity index (χ2n) is 4.83. The highest BCUT2D eigenvalue weighted by molar-refractivity contribution is 5.93. The lowest BCUT2D eigenvalue weighted by molar-refractivity contribution is -0.121. The first-order valence-corrected chi connectivity index (χ1v) is 6.93. The number of nitrogens with one attached hydrogen (secondary N) is 1. The molecule has 0 aliphatic rings. The molecule has 3 N–H and O–H groups in total. The van der Waals surface area contributed by atoms with E-state index in [2.05, 4.69) is 5.32 Å². The monoisotopic (exact) mass is 298 g/mol. The van der Waals surface area contributed by atoms with Gasteiger partial charge in [0.2, 0.25) is 11.8 Å². The number of carbonyl (C=O) groups is 2. The molecule has 0 saturated heterocycles. The summed E-state index contributed by atoms with van der Waals surface area (Å²) in [6.45, 7) is 0.316. The zero-order chi connectivity index (χ0) is 15.8. The number of benzene rings is 2. The van der Waals surface area contributed by atoms with Gasteiger partial charge in [-0.2, -0.15) is 0 Å². The second kappa shape index (κ2) is 7.95. The normalized spacial score (nSPS) is 10.2. The molecule has 0 heterocycles. The number of amides is 2. The van der Waals surface area contributed by atoms with Gasteiger partial charge in [-0.15, -0.1) is 0 Å². The van der Waals surface area contributed by atoms with Crippen LogP contribution in [0.1, 0.15) is 11.1 Å². The van der Waals surface area contributed by atoms with Crippen molar-refractivity contribution in [3.8, 4) is 0 Å². The van der Waals surface area contributed by atoms with E-state index in [-0.39, 0.29) is 18.9 Å². The molecule has 2 amide bonds. The number of rotatable bonds is 7. The van der Waals surface area contributed by atoms with Crippen molar-refractivity contribution in [1.82, 2.24) is 0 Å². The molecule has 2 aromatic carbocycles. The van der Waals surface area contributed by atoms with E-state index in [1.807, 2.05) is 30.3 Å². The molecule has 0 spiro atoms. The van der Waals surface area contributed by atoms with Gasteiger partial charge in [-0.25, -0.2) is 0 Å². The van der Waals surface area contributed by atoms with Crippen LogP contribution in [0, 0.1) is 0 Å². The molecule has 2 aromatic rings. The van der Waals surface area contributed by atoms with Gasteiger partial charge in [0.25, 0.3) is 0 Å². The number of carbonyl (C=O) groups excluding carboxylic acids is 2. The number of para-hydroxylation sites is 1. The molecule has 0 unspecified atom stereocenters. The Balaban J connectivity index is 1.85. The lowest BCUT2D eigenvalue weighted by Crippen LogP contribution is -2.20. The summed E-state index contributed by atoms with van der Waals surface area (Å²) in [6, 6.07) is 16.7. The maximum Gasteiger partial charge on any atom is 0.250 e. The highest BCUT2D eigenvalue weighted by Gasteiger charge is 2.08. The zero-order valence-electron chi connectivity index (χ0n) is 12.1. The number of hydrogen-bond donors (Lipinski definition) is 2. The van der Waals surface area contributed by atoms with Crippen LogP contribution in [-0.2, 0) is 27.4 Å². The third-order valence-corrected chi connectivity index (χ3v) is 3.00. The molecule has 0 fully saturated rings. The molecule has 5 heteroatoms. The number of nitrogens with two attached hydrogens (primary N) is 1. The quantitative estimate of drug-likeness (QED) is 0.818. The van der Waals surface area contributed by atoms with E-state index in [4.69, 9.17) is 10.5 Å². The Labute approximate surface area is 129 Å². The summed E-state index contributed by atoms with van der Waals surface area (Å²) in [5.41, 5.74) is 7.46.